The van der Waals surface area contributed by atoms with Crippen LogP contribution in [0.5, 0.6) is 0 Å². The average Bonchev–Trinajstić information content (AvgIpc) is 2.29. The molecule has 0 amide bonds. The van der Waals surface area contributed by atoms with Crippen LogP contribution in [-0.4, -0.2) is 16.7 Å². The molecule has 0 bridgehead atoms. The van der Waals surface area contributed by atoms with Gasteiger partial charge in [-0.05, 0) is 17.7 Å². The molecule has 0 heterocycles. The summed E-state index contributed by atoms with van der Waals surface area (Å²) in [4.78, 5) is 0. The molecule has 0 aromatic heterocycles. The first-order valence-corrected chi connectivity index (χ1v) is 4.45. The summed E-state index contributed by atoms with van der Waals surface area (Å²) in [6.07, 6.45) is 0. The lowest BCUT2D eigenvalue weighted by Crippen LogP contribution is -2.21. The van der Waals surface area contributed by atoms with Gasteiger partial charge >= 0.3 is 0 Å². The standard InChI is InChI=1S/C10H11N5O/c11-5-9(10(12)13)15-14-8-3-1-2-7(4-8)6-16/h1-4,14,16H,6H2,(H3,12,13)/b15-9+. The molecule has 0 saturated heterocycles. The fourth-order valence-corrected chi connectivity index (χ4v) is 1.01. The number of hydrogen-bond acceptors (Lipinski definition) is 5. The van der Waals surface area contributed by atoms with E-state index >= 15 is 0 Å². The van der Waals surface area contributed by atoms with E-state index in [1.807, 2.05) is 0 Å². The van der Waals surface area contributed by atoms with Crippen LogP contribution in [0.3, 0.4) is 0 Å². The Bertz CT molecular complexity index is 461. The van der Waals surface area contributed by atoms with E-state index in [1.54, 1.807) is 30.3 Å². The Morgan fingerprint density at radius 2 is 2.38 bits per heavy atom. The van der Waals surface area contributed by atoms with E-state index in [1.165, 1.54) is 0 Å². The van der Waals surface area contributed by atoms with Gasteiger partial charge in [-0.2, -0.15) is 10.4 Å². The first-order valence-electron chi connectivity index (χ1n) is 4.45. The molecule has 82 valence electrons. The lowest BCUT2D eigenvalue weighted by molar-refractivity contribution is 0.282. The molecule has 0 radical (unpaired) electrons. The van der Waals surface area contributed by atoms with Crippen molar-refractivity contribution in [1.29, 1.82) is 10.7 Å². The maximum absolute atomic E-state index is 8.90. The summed E-state index contributed by atoms with van der Waals surface area (Å²) in [7, 11) is 0. The van der Waals surface area contributed by atoms with Gasteiger partial charge in [-0.3, -0.25) is 10.8 Å². The number of nitrogens with zero attached hydrogens (tertiary/aromatic N) is 2. The first kappa shape index (κ1) is 11.7. The normalized spacial score (nSPS) is 10.6. The van der Waals surface area contributed by atoms with Crippen LogP contribution in [0.15, 0.2) is 29.4 Å². The number of hydrogen-bond donors (Lipinski definition) is 4. The van der Waals surface area contributed by atoms with Crippen LogP contribution in [-0.2, 0) is 6.61 Å². The van der Waals surface area contributed by atoms with Gasteiger partial charge < -0.3 is 10.8 Å². The van der Waals surface area contributed by atoms with Gasteiger partial charge in [0.2, 0.25) is 5.71 Å². The van der Waals surface area contributed by atoms with Gasteiger partial charge in [0, 0.05) is 0 Å². The second-order valence-electron chi connectivity index (χ2n) is 2.96. The predicted molar refractivity (Wildman–Crippen MR) is 60.9 cm³/mol. The number of nitriles is 1. The van der Waals surface area contributed by atoms with Gasteiger partial charge in [0.15, 0.2) is 5.84 Å². The lowest BCUT2D eigenvalue weighted by atomic mass is 10.2. The molecule has 0 spiro atoms. The van der Waals surface area contributed by atoms with Crippen LogP contribution >= 0.6 is 0 Å². The molecule has 0 aliphatic carbocycles. The van der Waals surface area contributed by atoms with Gasteiger partial charge in [0.25, 0.3) is 0 Å². The van der Waals surface area contributed by atoms with E-state index < -0.39 is 5.84 Å². The summed E-state index contributed by atoms with van der Waals surface area (Å²) < 4.78 is 0. The maximum atomic E-state index is 8.90. The van der Waals surface area contributed by atoms with Crippen molar-refractivity contribution in [3.05, 3.63) is 29.8 Å². The highest BCUT2D eigenvalue weighted by Gasteiger charge is 2.00. The Morgan fingerprint density at radius 1 is 1.62 bits per heavy atom. The quantitative estimate of drug-likeness (QED) is 0.331. The smallest absolute Gasteiger partial charge is 0.201 e. The number of anilines is 1. The minimum absolute atomic E-state index is 0.0724. The van der Waals surface area contributed by atoms with Crippen molar-refractivity contribution >= 4 is 17.2 Å². The van der Waals surface area contributed by atoms with E-state index in [4.69, 9.17) is 21.5 Å². The van der Waals surface area contributed by atoms with Gasteiger partial charge in [-0.15, -0.1) is 0 Å². The molecular weight excluding hydrogens is 206 g/mol. The molecule has 5 N–H and O–H groups in total. The number of hydrazone groups is 1. The zero-order valence-electron chi connectivity index (χ0n) is 8.44. The number of rotatable bonds is 4. The molecule has 0 aliphatic heterocycles. The molecule has 0 atom stereocenters. The summed E-state index contributed by atoms with van der Waals surface area (Å²) >= 11 is 0. The number of amidine groups is 1. The predicted octanol–water partition coefficient (Wildman–Crippen LogP) is 0.406. The van der Waals surface area contributed by atoms with Crippen molar-refractivity contribution in [2.24, 2.45) is 10.8 Å². The molecule has 0 saturated carbocycles. The first-order chi connectivity index (χ1) is 7.67. The highest BCUT2D eigenvalue weighted by molar-refractivity contribution is 6.45. The zero-order valence-corrected chi connectivity index (χ0v) is 8.44. The number of aliphatic hydroxyl groups excluding tert-OH is 1. The maximum Gasteiger partial charge on any atom is 0.201 e. The van der Waals surface area contributed by atoms with Crippen molar-refractivity contribution in [2.45, 2.75) is 6.61 Å². The molecule has 6 heteroatoms. The fraction of sp³-hybridized carbons (Fsp3) is 0.100. The van der Waals surface area contributed by atoms with Crippen LogP contribution in [0.1, 0.15) is 5.56 Å². The SMILES string of the molecule is N#C/C(=N\Nc1cccc(CO)c1)C(=N)N. The van der Waals surface area contributed by atoms with Crippen molar-refractivity contribution in [2.75, 3.05) is 5.43 Å². The highest BCUT2D eigenvalue weighted by Crippen LogP contribution is 2.10. The Hall–Kier alpha value is -2.39. The molecular formula is C10H11N5O. The van der Waals surface area contributed by atoms with Gasteiger partial charge in [0.05, 0.1) is 12.3 Å². The number of nitrogens with two attached hydrogens (primary N) is 1. The Kier molecular flexibility index (Phi) is 4.00. The summed E-state index contributed by atoms with van der Waals surface area (Å²) in [5.41, 5.74) is 8.85. The highest BCUT2D eigenvalue weighted by atomic mass is 16.3. The minimum Gasteiger partial charge on any atom is -0.392 e. The largest absolute Gasteiger partial charge is 0.392 e. The van der Waals surface area contributed by atoms with Gasteiger partial charge in [-0.25, -0.2) is 0 Å². The monoisotopic (exact) mass is 217 g/mol. The Labute approximate surface area is 92.5 Å². The van der Waals surface area contributed by atoms with E-state index in [0.29, 0.717) is 5.69 Å². The molecule has 0 fully saturated rings. The van der Waals surface area contributed by atoms with Crippen LogP contribution in [0.2, 0.25) is 0 Å². The van der Waals surface area contributed by atoms with Crippen LogP contribution < -0.4 is 11.2 Å². The number of benzene rings is 1. The van der Waals surface area contributed by atoms with Crippen LogP contribution in [0, 0.1) is 16.7 Å². The Morgan fingerprint density at radius 3 is 2.94 bits per heavy atom. The fourth-order valence-electron chi connectivity index (χ4n) is 1.01. The third kappa shape index (κ3) is 3.08. The Balaban J connectivity index is 2.81. The summed E-state index contributed by atoms with van der Waals surface area (Å²) in [6.45, 7) is -0.0724. The second kappa shape index (κ2) is 5.48. The third-order valence-corrected chi connectivity index (χ3v) is 1.77. The summed E-state index contributed by atoms with van der Waals surface area (Å²) in [5.74, 6) is -0.395. The number of nitrogens with one attached hydrogen (secondary N) is 2. The van der Waals surface area contributed by atoms with Crippen molar-refractivity contribution in [1.82, 2.24) is 0 Å². The minimum atomic E-state index is -0.395. The van der Waals surface area contributed by atoms with Crippen molar-refractivity contribution < 1.29 is 5.11 Å². The molecule has 6 nitrogen and oxygen atoms in total. The molecule has 16 heavy (non-hydrogen) atoms. The zero-order chi connectivity index (χ0) is 12.0. The van der Waals surface area contributed by atoms with Gasteiger partial charge in [0.1, 0.15) is 6.07 Å². The van der Waals surface area contributed by atoms with Crippen molar-refractivity contribution in [3.8, 4) is 6.07 Å². The van der Waals surface area contributed by atoms with Gasteiger partial charge in [-0.1, -0.05) is 12.1 Å². The van der Waals surface area contributed by atoms with Crippen LogP contribution in [0.4, 0.5) is 5.69 Å². The molecule has 0 aliphatic rings. The van der Waals surface area contributed by atoms with E-state index in [0.717, 1.165) is 5.56 Å². The lowest BCUT2D eigenvalue weighted by Gasteiger charge is -2.02. The van der Waals surface area contributed by atoms with E-state index in [-0.39, 0.29) is 12.3 Å². The second-order valence-corrected chi connectivity index (χ2v) is 2.96. The molecule has 1 rings (SSSR count). The van der Waals surface area contributed by atoms with E-state index in [9.17, 15) is 0 Å². The van der Waals surface area contributed by atoms with E-state index in [2.05, 4.69) is 10.5 Å². The molecule has 0 unspecified atom stereocenters. The average molecular weight is 217 g/mol. The van der Waals surface area contributed by atoms with Crippen molar-refractivity contribution in [3.63, 3.8) is 0 Å². The summed E-state index contributed by atoms with van der Waals surface area (Å²) in [5, 5.41) is 28.2. The summed E-state index contributed by atoms with van der Waals surface area (Å²) in [6, 6.07) is 8.58. The molecule has 1 aromatic rings. The third-order valence-electron chi connectivity index (χ3n) is 1.77. The number of aliphatic hydroxyl groups is 1. The molecule has 1 aromatic carbocycles. The van der Waals surface area contributed by atoms with Crippen LogP contribution in [0.25, 0.3) is 0 Å². The topological polar surface area (TPSA) is 118 Å².